The average molecular weight is 289 g/mol. The first-order chi connectivity index (χ1) is 9.72. The summed E-state index contributed by atoms with van der Waals surface area (Å²) in [4.78, 5) is 16.2. The van der Waals surface area contributed by atoms with Gasteiger partial charge < -0.3 is 15.2 Å². The molecule has 1 aliphatic rings. The fraction of sp³-hybridized carbons (Fsp3) is 0.400. The predicted octanol–water partition coefficient (Wildman–Crippen LogP) is 2.11. The maximum Gasteiger partial charge on any atom is 0.304 e. The van der Waals surface area contributed by atoms with Crippen LogP contribution in [0, 0.1) is 0 Å². The molecule has 4 nitrogen and oxygen atoms in total. The molecule has 1 aliphatic heterocycles. The summed E-state index contributed by atoms with van der Waals surface area (Å²) in [5, 5.41) is 5.24. The van der Waals surface area contributed by atoms with E-state index in [1.54, 1.807) is 0 Å². The van der Waals surface area contributed by atoms with Gasteiger partial charge in [0.1, 0.15) is 0 Å². The number of aromatic amines is 1. The summed E-state index contributed by atoms with van der Waals surface area (Å²) in [7, 11) is 2.16. The summed E-state index contributed by atoms with van der Waals surface area (Å²) in [5.74, 6) is 0. The van der Waals surface area contributed by atoms with Gasteiger partial charge in [-0.15, -0.1) is 0 Å². The Labute approximate surface area is 122 Å². The van der Waals surface area contributed by atoms with Crippen molar-refractivity contribution >= 4 is 17.0 Å². The maximum absolute atomic E-state index is 11.0. The van der Waals surface area contributed by atoms with Gasteiger partial charge in [-0.1, -0.05) is 23.5 Å². The van der Waals surface area contributed by atoms with Crippen LogP contribution in [0.25, 0.3) is 0 Å². The number of hydrogen-bond acceptors (Lipinski definition) is 4. The number of nitrogens with one attached hydrogen (secondary N) is 2. The zero-order chi connectivity index (χ0) is 13.9. The Morgan fingerprint density at radius 1 is 1.40 bits per heavy atom. The maximum atomic E-state index is 11.0. The van der Waals surface area contributed by atoms with Crippen molar-refractivity contribution in [1.29, 1.82) is 0 Å². The molecule has 5 heteroatoms. The zero-order valence-electron chi connectivity index (χ0n) is 11.6. The van der Waals surface area contributed by atoms with E-state index in [2.05, 4.69) is 40.4 Å². The van der Waals surface area contributed by atoms with Crippen LogP contribution in [0.2, 0.25) is 0 Å². The molecule has 1 aromatic carbocycles. The first-order valence-corrected chi connectivity index (χ1v) is 7.81. The predicted molar refractivity (Wildman–Crippen MR) is 83.5 cm³/mol. The van der Waals surface area contributed by atoms with Crippen LogP contribution in [0.3, 0.4) is 0 Å². The topological polar surface area (TPSA) is 48.1 Å². The Balaban J connectivity index is 1.62. The van der Waals surface area contributed by atoms with Crippen molar-refractivity contribution in [2.45, 2.75) is 25.9 Å². The van der Waals surface area contributed by atoms with E-state index in [1.165, 1.54) is 41.0 Å². The molecule has 3 rings (SSSR count). The standard InChI is InChI=1S/C15H19N3OS/c1-18-6-2-3-12-7-11(4-5-14(12)18)8-16-9-13-10-20-15(19)17-13/h4-5,7,10,16H,2-3,6,8-9H2,1H3,(H,17,19). The van der Waals surface area contributed by atoms with Gasteiger partial charge in [-0.25, -0.2) is 0 Å². The van der Waals surface area contributed by atoms with Crippen molar-refractivity contribution in [2.24, 2.45) is 0 Å². The molecule has 0 fully saturated rings. The molecule has 2 aromatic rings. The summed E-state index contributed by atoms with van der Waals surface area (Å²) < 4.78 is 0. The van der Waals surface area contributed by atoms with Crippen molar-refractivity contribution in [2.75, 3.05) is 18.5 Å². The minimum atomic E-state index is 0.0126. The monoisotopic (exact) mass is 289 g/mol. The molecule has 2 heterocycles. The number of H-pyrrole nitrogens is 1. The Morgan fingerprint density at radius 3 is 3.10 bits per heavy atom. The third kappa shape index (κ3) is 2.94. The number of fused-ring (bicyclic) bond motifs is 1. The molecule has 0 aliphatic carbocycles. The summed E-state index contributed by atoms with van der Waals surface area (Å²) in [6.07, 6.45) is 2.40. The second kappa shape index (κ2) is 5.81. The molecular formula is C15H19N3OS. The number of aryl methyl sites for hydroxylation is 1. The van der Waals surface area contributed by atoms with Gasteiger partial charge >= 0.3 is 4.87 Å². The summed E-state index contributed by atoms with van der Waals surface area (Å²) in [5.41, 5.74) is 5.07. The molecule has 0 spiro atoms. The summed E-state index contributed by atoms with van der Waals surface area (Å²) >= 11 is 1.21. The molecule has 0 saturated heterocycles. The fourth-order valence-corrected chi connectivity index (χ4v) is 3.27. The van der Waals surface area contributed by atoms with Gasteiger partial charge in [0.2, 0.25) is 0 Å². The molecular weight excluding hydrogens is 270 g/mol. The normalized spacial score (nSPS) is 14.3. The Kier molecular flexibility index (Phi) is 3.89. The number of aromatic nitrogens is 1. The van der Waals surface area contributed by atoms with Crippen molar-refractivity contribution in [3.8, 4) is 0 Å². The van der Waals surface area contributed by atoms with E-state index in [0.29, 0.717) is 6.54 Å². The number of benzene rings is 1. The highest BCUT2D eigenvalue weighted by molar-refractivity contribution is 7.07. The molecule has 0 atom stereocenters. The van der Waals surface area contributed by atoms with Crippen molar-refractivity contribution in [1.82, 2.24) is 10.3 Å². The van der Waals surface area contributed by atoms with E-state index < -0.39 is 0 Å². The second-order valence-electron chi connectivity index (χ2n) is 5.27. The van der Waals surface area contributed by atoms with Crippen LogP contribution in [0.5, 0.6) is 0 Å². The molecule has 20 heavy (non-hydrogen) atoms. The number of thiazole rings is 1. The lowest BCUT2D eigenvalue weighted by molar-refractivity contribution is 0.678. The van der Waals surface area contributed by atoms with Crippen molar-refractivity contribution in [3.63, 3.8) is 0 Å². The average Bonchev–Trinajstić information content (AvgIpc) is 2.85. The van der Waals surface area contributed by atoms with Crippen LogP contribution in [0.15, 0.2) is 28.4 Å². The van der Waals surface area contributed by atoms with Crippen LogP contribution in [0.4, 0.5) is 5.69 Å². The van der Waals surface area contributed by atoms with Crippen LogP contribution >= 0.6 is 11.3 Å². The van der Waals surface area contributed by atoms with E-state index in [4.69, 9.17) is 0 Å². The number of hydrogen-bond donors (Lipinski definition) is 2. The Hall–Kier alpha value is -1.59. The van der Waals surface area contributed by atoms with E-state index >= 15 is 0 Å². The number of anilines is 1. The minimum Gasteiger partial charge on any atom is -0.374 e. The molecule has 106 valence electrons. The molecule has 0 unspecified atom stereocenters. The van der Waals surface area contributed by atoms with Crippen LogP contribution in [-0.2, 0) is 19.5 Å². The second-order valence-corrected chi connectivity index (χ2v) is 6.11. The molecule has 0 saturated carbocycles. The van der Waals surface area contributed by atoms with Gasteiger partial charge in [-0.05, 0) is 30.0 Å². The molecule has 0 bridgehead atoms. The van der Waals surface area contributed by atoms with Crippen LogP contribution in [0.1, 0.15) is 23.2 Å². The Bertz CT molecular complexity index is 647. The van der Waals surface area contributed by atoms with E-state index in [1.807, 2.05) is 5.38 Å². The Morgan fingerprint density at radius 2 is 2.30 bits per heavy atom. The van der Waals surface area contributed by atoms with Crippen LogP contribution < -0.4 is 15.1 Å². The van der Waals surface area contributed by atoms with Gasteiger partial charge in [0.15, 0.2) is 0 Å². The van der Waals surface area contributed by atoms with Crippen molar-refractivity contribution in [3.05, 3.63) is 50.1 Å². The highest BCUT2D eigenvalue weighted by Crippen LogP contribution is 2.26. The summed E-state index contributed by atoms with van der Waals surface area (Å²) in [6.45, 7) is 2.68. The smallest absolute Gasteiger partial charge is 0.304 e. The first-order valence-electron chi connectivity index (χ1n) is 6.93. The lowest BCUT2D eigenvalue weighted by Crippen LogP contribution is -2.24. The lowest BCUT2D eigenvalue weighted by atomic mass is 9.99. The largest absolute Gasteiger partial charge is 0.374 e. The van der Waals surface area contributed by atoms with E-state index in [9.17, 15) is 4.79 Å². The van der Waals surface area contributed by atoms with Gasteiger partial charge in [-0.2, -0.15) is 0 Å². The fourth-order valence-electron chi connectivity index (χ4n) is 2.69. The number of nitrogens with zero attached hydrogens (tertiary/aromatic N) is 1. The zero-order valence-corrected chi connectivity index (χ0v) is 12.4. The first kappa shape index (κ1) is 13.4. The minimum absolute atomic E-state index is 0.0126. The molecule has 0 amide bonds. The molecule has 0 radical (unpaired) electrons. The van der Waals surface area contributed by atoms with Gasteiger partial charge in [-0.3, -0.25) is 4.79 Å². The van der Waals surface area contributed by atoms with Gasteiger partial charge in [0.05, 0.1) is 0 Å². The highest BCUT2D eigenvalue weighted by Gasteiger charge is 2.13. The van der Waals surface area contributed by atoms with E-state index in [0.717, 1.165) is 18.8 Å². The SMILES string of the molecule is CN1CCCc2cc(CNCc3csc(=O)[nH]3)ccc21. The van der Waals surface area contributed by atoms with Crippen LogP contribution in [-0.4, -0.2) is 18.6 Å². The van der Waals surface area contributed by atoms with Crippen molar-refractivity contribution < 1.29 is 0 Å². The van der Waals surface area contributed by atoms with E-state index in [-0.39, 0.29) is 4.87 Å². The molecule has 2 N–H and O–H groups in total. The third-order valence-corrected chi connectivity index (χ3v) is 4.43. The lowest BCUT2D eigenvalue weighted by Gasteiger charge is -2.27. The van der Waals surface area contributed by atoms with Gasteiger partial charge in [0, 0.05) is 43.4 Å². The quantitative estimate of drug-likeness (QED) is 0.906. The van der Waals surface area contributed by atoms with Gasteiger partial charge in [0.25, 0.3) is 0 Å². The highest BCUT2D eigenvalue weighted by atomic mass is 32.1. The third-order valence-electron chi connectivity index (χ3n) is 3.71. The summed E-state index contributed by atoms with van der Waals surface area (Å²) in [6, 6.07) is 6.70. The number of rotatable bonds is 4. The molecule has 1 aromatic heterocycles.